The summed E-state index contributed by atoms with van der Waals surface area (Å²) in [6.07, 6.45) is 8.38. The smallest absolute Gasteiger partial charge is 0.309 e. The van der Waals surface area contributed by atoms with Crippen LogP contribution >= 0.6 is 23.2 Å². The fourth-order valence-electron chi connectivity index (χ4n) is 10.4. The molecule has 4 aliphatic carbocycles. The van der Waals surface area contributed by atoms with Crippen molar-refractivity contribution in [3.63, 3.8) is 0 Å². The minimum absolute atomic E-state index is 0.0120. The number of ketones is 1. The Balaban J connectivity index is 1.42. The van der Waals surface area contributed by atoms with Gasteiger partial charge < -0.3 is 10.4 Å². The van der Waals surface area contributed by atoms with E-state index in [2.05, 4.69) is 10.2 Å². The number of carboxylic acid groups (broad SMARTS) is 1. The predicted octanol–water partition coefficient (Wildman–Crippen LogP) is 7.90. The minimum atomic E-state index is -1.23. The molecule has 8 rings (SSSR count). The maximum absolute atomic E-state index is 16.3. The molecule has 4 saturated carbocycles. The summed E-state index contributed by atoms with van der Waals surface area (Å²) in [7, 11) is 0. The summed E-state index contributed by atoms with van der Waals surface area (Å²) in [4.78, 5) is 44.2. The van der Waals surface area contributed by atoms with Crippen molar-refractivity contribution in [2.24, 2.45) is 10.8 Å². The van der Waals surface area contributed by atoms with Gasteiger partial charge in [0.15, 0.2) is 5.78 Å². The van der Waals surface area contributed by atoms with Gasteiger partial charge in [-0.25, -0.2) is 4.39 Å². The highest BCUT2D eigenvalue weighted by molar-refractivity contribution is 6.31. The van der Waals surface area contributed by atoms with Crippen molar-refractivity contribution in [2.45, 2.75) is 107 Å². The van der Waals surface area contributed by atoms with E-state index in [1.165, 1.54) is 6.07 Å². The lowest BCUT2D eigenvalue weighted by molar-refractivity contribution is -0.159. The van der Waals surface area contributed by atoms with Crippen LogP contribution in [0.15, 0.2) is 36.4 Å². The first kappa shape index (κ1) is 30.2. The first-order chi connectivity index (χ1) is 21.0. The van der Waals surface area contributed by atoms with Crippen LogP contribution in [0.3, 0.4) is 0 Å². The van der Waals surface area contributed by atoms with E-state index >= 15 is 9.18 Å². The second-order valence-corrected chi connectivity index (χ2v) is 15.0. The first-order valence-electron chi connectivity index (χ1n) is 16.1. The molecule has 0 radical (unpaired) electrons. The zero-order valence-corrected chi connectivity index (χ0v) is 26.6. The fourth-order valence-corrected chi connectivity index (χ4v) is 10.8. The molecule has 3 atom stereocenters. The molecule has 9 heteroatoms. The molecule has 6 nitrogen and oxygen atoms in total. The van der Waals surface area contributed by atoms with Gasteiger partial charge in [-0.15, -0.1) is 0 Å². The zero-order chi connectivity index (χ0) is 31.1. The van der Waals surface area contributed by atoms with Crippen molar-refractivity contribution >= 4 is 46.5 Å². The lowest BCUT2D eigenvalue weighted by atomic mass is 9.52. The average Bonchev–Trinajstić information content (AvgIpc) is 3.44. The molecule has 2 heterocycles. The summed E-state index contributed by atoms with van der Waals surface area (Å²) >= 11 is 12.8. The van der Waals surface area contributed by atoms with Crippen molar-refractivity contribution in [3.05, 3.63) is 63.4 Å². The van der Waals surface area contributed by atoms with Crippen LogP contribution in [-0.4, -0.2) is 45.8 Å². The summed E-state index contributed by atoms with van der Waals surface area (Å²) in [6, 6.07) is 9.61. The van der Waals surface area contributed by atoms with Gasteiger partial charge in [0.25, 0.3) is 0 Å². The van der Waals surface area contributed by atoms with Gasteiger partial charge in [0, 0.05) is 28.6 Å². The quantitative estimate of drug-likeness (QED) is 0.335. The number of likely N-dealkylation sites (N-methyl/N-ethyl adjacent to an activating group) is 1. The third-order valence-corrected chi connectivity index (χ3v) is 13.0. The van der Waals surface area contributed by atoms with Gasteiger partial charge in [0.05, 0.1) is 16.5 Å². The number of hydrogen-bond acceptors (Lipinski definition) is 4. The van der Waals surface area contributed by atoms with E-state index < -0.39 is 40.1 Å². The number of halogens is 3. The van der Waals surface area contributed by atoms with E-state index in [0.717, 1.165) is 24.8 Å². The lowest BCUT2D eigenvalue weighted by Gasteiger charge is -2.52. The molecule has 0 aromatic heterocycles. The van der Waals surface area contributed by atoms with E-state index in [-0.39, 0.29) is 22.1 Å². The highest BCUT2D eigenvalue weighted by Gasteiger charge is 2.75. The summed E-state index contributed by atoms with van der Waals surface area (Å²) in [5, 5.41) is 13.5. The fraction of sp³-hybridized carbons (Fsp3) is 0.571. The van der Waals surface area contributed by atoms with Crippen molar-refractivity contribution < 1.29 is 23.9 Å². The molecule has 1 amide bonds. The van der Waals surface area contributed by atoms with Gasteiger partial charge in [-0.1, -0.05) is 67.6 Å². The van der Waals surface area contributed by atoms with Crippen molar-refractivity contribution in [1.29, 1.82) is 0 Å². The average molecular weight is 642 g/mol. The van der Waals surface area contributed by atoms with Crippen LogP contribution in [0.2, 0.25) is 10.0 Å². The molecular formula is C35H39Cl2FN2O4. The molecule has 2 aromatic rings. The second-order valence-electron chi connectivity index (χ2n) is 14.1. The Morgan fingerprint density at radius 1 is 1.00 bits per heavy atom. The monoisotopic (exact) mass is 640 g/mol. The molecule has 2 bridgehead atoms. The van der Waals surface area contributed by atoms with E-state index in [0.29, 0.717) is 80.6 Å². The Bertz CT molecular complexity index is 1530. The summed E-state index contributed by atoms with van der Waals surface area (Å²) < 4.78 is 16.3. The largest absolute Gasteiger partial charge is 0.481 e. The number of amides is 1. The highest BCUT2D eigenvalue weighted by Crippen LogP contribution is 2.67. The van der Waals surface area contributed by atoms with Crippen LogP contribution in [0.1, 0.15) is 101 Å². The van der Waals surface area contributed by atoms with Crippen LogP contribution in [0.5, 0.6) is 0 Å². The lowest BCUT2D eigenvalue weighted by Crippen LogP contribution is -2.61. The van der Waals surface area contributed by atoms with Gasteiger partial charge in [-0.2, -0.15) is 0 Å². The number of nitrogens with one attached hydrogen (secondary N) is 1. The molecule has 6 aliphatic rings. The molecule has 2 spiro atoms. The Morgan fingerprint density at radius 2 is 1.68 bits per heavy atom. The van der Waals surface area contributed by atoms with Crippen LogP contribution in [0.25, 0.3) is 0 Å². The third kappa shape index (κ3) is 3.97. The van der Waals surface area contributed by atoms with Gasteiger partial charge in [0.1, 0.15) is 11.2 Å². The molecular weight excluding hydrogens is 602 g/mol. The maximum atomic E-state index is 16.3. The third-order valence-electron chi connectivity index (χ3n) is 12.5. The highest BCUT2D eigenvalue weighted by atomic mass is 35.5. The van der Waals surface area contributed by atoms with Gasteiger partial charge in [-0.3, -0.25) is 19.3 Å². The number of rotatable bonds is 6. The molecule has 1 saturated heterocycles. The normalized spacial score (nSPS) is 34.0. The van der Waals surface area contributed by atoms with Crippen LogP contribution in [0.4, 0.5) is 10.1 Å². The number of carbonyl (C=O) groups is 3. The number of nitrogens with zero attached hydrogens (tertiary/aromatic N) is 1. The Hall–Kier alpha value is -2.48. The number of hydrogen-bond donors (Lipinski definition) is 2. The Labute approximate surface area is 267 Å². The molecule has 2 N–H and O–H groups in total. The standard InChI is InChI=1S/C35H39Cl2FN2O4/c1-2-40-29(26(41)20-32-13-16-33(17-14-32,18-15-32)31(43)44)27(22-7-6-8-24(37)28(22)38)35(34(40)11-4-3-5-12-34)23-10-9-21(36)19-25(23)39-30(35)42/h6-10,19,27,29H,2-5,11-18,20H2,1H3,(H,39,42)(H,43,44)/t27-,29-,32?,33?,35+/m0/s1. The topological polar surface area (TPSA) is 86.7 Å². The first-order valence-corrected chi connectivity index (χ1v) is 16.9. The van der Waals surface area contributed by atoms with E-state index in [1.54, 1.807) is 24.3 Å². The molecule has 234 valence electrons. The second kappa shape index (κ2) is 10.5. The van der Waals surface area contributed by atoms with E-state index in [9.17, 15) is 14.7 Å². The maximum Gasteiger partial charge on any atom is 0.309 e. The summed E-state index contributed by atoms with van der Waals surface area (Å²) in [5.41, 5.74) is -1.21. The molecule has 2 aliphatic heterocycles. The van der Waals surface area contributed by atoms with Crippen molar-refractivity contribution in [3.8, 4) is 0 Å². The van der Waals surface area contributed by atoms with Crippen molar-refractivity contribution in [2.75, 3.05) is 11.9 Å². The molecule has 0 unspecified atom stereocenters. The number of Topliss-reactive ketones (excluding diaryl/α,β-unsaturated/α-hetero) is 1. The molecule has 2 aromatic carbocycles. The van der Waals surface area contributed by atoms with Crippen LogP contribution in [-0.2, 0) is 19.8 Å². The molecule has 5 fully saturated rings. The number of anilines is 1. The number of aliphatic carboxylic acids is 1. The zero-order valence-electron chi connectivity index (χ0n) is 25.1. The minimum Gasteiger partial charge on any atom is -0.481 e. The van der Waals surface area contributed by atoms with Gasteiger partial charge in [0.2, 0.25) is 5.91 Å². The van der Waals surface area contributed by atoms with Crippen LogP contribution in [0, 0.1) is 16.6 Å². The van der Waals surface area contributed by atoms with E-state index in [4.69, 9.17) is 23.2 Å². The van der Waals surface area contributed by atoms with Gasteiger partial charge >= 0.3 is 5.97 Å². The Morgan fingerprint density at radius 3 is 2.32 bits per heavy atom. The van der Waals surface area contributed by atoms with Crippen LogP contribution < -0.4 is 5.32 Å². The number of likely N-dealkylation sites (tertiary alicyclic amines) is 1. The van der Waals surface area contributed by atoms with Gasteiger partial charge in [-0.05, 0) is 92.7 Å². The summed E-state index contributed by atoms with van der Waals surface area (Å²) in [5.74, 6) is -2.33. The molecule has 44 heavy (non-hydrogen) atoms. The Kier molecular flexibility index (Phi) is 7.23. The number of carbonyl (C=O) groups excluding carboxylic acids is 2. The number of fused-ring (bicyclic) bond motifs is 6. The van der Waals surface area contributed by atoms with Crippen molar-refractivity contribution in [1.82, 2.24) is 4.90 Å². The predicted molar refractivity (Wildman–Crippen MR) is 168 cm³/mol. The van der Waals surface area contributed by atoms with E-state index in [1.807, 2.05) is 13.0 Å². The number of carboxylic acids is 1. The number of benzene rings is 2. The summed E-state index contributed by atoms with van der Waals surface area (Å²) in [6.45, 7) is 2.57. The SMILES string of the molecule is CCN1[C@@H](C(=O)CC23CCC(C(=O)O)(CC2)CC3)[C@H](c2cccc(Cl)c2F)[C@]2(C(=O)Nc3cc(Cl)ccc32)C12CCCCC2.